The average molecular weight is 403 g/mol. The Labute approximate surface area is 175 Å². The van der Waals surface area contributed by atoms with E-state index in [1.807, 2.05) is 39.9 Å². The fourth-order valence-electron chi connectivity index (χ4n) is 4.59. The summed E-state index contributed by atoms with van der Waals surface area (Å²) < 4.78 is 8.24. The van der Waals surface area contributed by atoms with Crippen LogP contribution < -0.4 is 0 Å². The number of amides is 1. The second-order valence-electron chi connectivity index (χ2n) is 8.12. The molecule has 30 heavy (non-hydrogen) atoms. The molecule has 0 bridgehead atoms. The Morgan fingerprint density at radius 1 is 1.10 bits per heavy atom. The number of para-hydroxylation sites is 1. The number of hydrogen-bond acceptors (Lipinski definition) is 4. The maximum Gasteiger partial charge on any atom is 0.254 e. The number of carbonyl (C=O) groups is 1. The van der Waals surface area contributed by atoms with Crippen molar-refractivity contribution in [3.05, 3.63) is 77.1 Å². The van der Waals surface area contributed by atoms with Crippen LogP contribution in [0.3, 0.4) is 0 Å². The normalized spacial score (nSPS) is 17.7. The van der Waals surface area contributed by atoms with E-state index in [4.69, 9.17) is 9.84 Å². The van der Waals surface area contributed by atoms with Crippen LogP contribution >= 0.6 is 0 Å². The fraction of sp³-hybridized carbons (Fsp3) is 0.333. The van der Waals surface area contributed by atoms with Crippen LogP contribution in [0.1, 0.15) is 40.0 Å². The molecular weight excluding hydrogens is 378 g/mol. The number of phenolic OH excluding ortho intramolecular Hbond substituents is 1. The van der Waals surface area contributed by atoms with E-state index in [0.717, 1.165) is 30.6 Å². The highest BCUT2D eigenvalue weighted by Gasteiger charge is 2.44. The quantitative estimate of drug-likeness (QED) is 0.710. The number of carbonyl (C=O) groups excluding carboxylic acids is 1. The fourth-order valence-corrected chi connectivity index (χ4v) is 4.59. The molecule has 0 saturated carbocycles. The molecule has 154 valence electrons. The van der Waals surface area contributed by atoms with Gasteiger partial charge in [0.2, 0.25) is 0 Å². The Hall–Kier alpha value is -3.12. The second kappa shape index (κ2) is 7.29. The van der Waals surface area contributed by atoms with E-state index in [1.165, 1.54) is 5.56 Å². The van der Waals surface area contributed by atoms with Crippen molar-refractivity contribution in [1.82, 2.24) is 14.7 Å². The standard InChI is InChI=1S/C24H25N3O3/c1-17-20(8-5-9-21(17)28)23(29)26-13-11-24(12-14-26)22-18(10-15-30-24)16-27(25-22)19-6-3-2-4-7-19/h2-9,16,28H,10-15H2,1H3. The number of ether oxygens (including phenoxy) is 1. The van der Waals surface area contributed by atoms with Gasteiger partial charge in [0.25, 0.3) is 5.91 Å². The van der Waals surface area contributed by atoms with Crippen molar-refractivity contribution in [3.63, 3.8) is 0 Å². The van der Waals surface area contributed by atoms with Crippen molar-refractivity contribution < 1.29 is 14.6 Å². The van der Waals surface area contributed by atoms with Gasteiger partial charge in [0.15, 0.2) is 0 Å². The molecule has 0 radical (unpaired) electrons. The molecule has 1 aromatic heterocycles. The number of rotatable bonds is 2. The van der Waals surface area contributed by atoms with Crippen molar-refractivity contribution in [3.8, 4) is 11.4 Å². The number of phenols is 1. The van der Waals surface area contributed by atoms with E-state index in [2.05, 4.69) is 6.20 Å². The van der Waals surface area contributed by atoms with Crippen molar-refractivity contribution in [2.45, 2.75) is 31.8 Å². The Bertz CT molecular complexity index is 1080. The van der Waals surface area contributed by atoms with Gasteiger partial charge in [-0.25, -0.2) is 4.68 Å². The van der Waals surface area contributed by atoms with E-state index in [0.29, 0.717) is 30.8 Å². The monoisotopic (exact) mass is 403 g/mol. The number of nitrogens with zero attached hydrogens (tertiary/aromatic N) is 3. The van der Waals surface area contributed by atoms with Crippen LogP contribution in [0.5, 0.6) is 5.75 Å². The summed E-state index contributed by atoms with van der Waals surface area (Å²) in [4.78, 5) is 14.9. The molecule has 5 rings (SSSR count). The first kappa shape index (κ1) is 18.9. The van der Waals surface area contributed by atoms with Gasteiger partial charge in [-0.15, -0.1) is 0 Å². The Kier molecular flexibility index (Phi) is 4.59. The summed E-state index contributed by atoms with van der Waals surface area (Å²) in [6.45, 7) is 3.66. The van der Waals surface area contributed by atoms with Crippen molar-refractivity contribution in [2.24, 2.45) is 0 Å². The lowest BCUT2D eigenvalue weighted by atomic mass is 9.83. The molecule has 1 saturated heterocycles. The molecule has 3 aromatic rings. The first-order chi connectivity index (χ1) is 14.6. The molecule has 2 aliphatic heterocycles. The molecule has 6 nitrogen and oxygen atoms in total. The van der Waals surface area contributed by atoms with Gasteiger partial charge < -0.3 is 14.7 Å². The number of fused-ring (bicyclic) bond motifs is 2. The predicted octanol–water partition coefficient (Wildman–Crippen LogP) is 3.59. The van der Waals surface area contributed by atoms with Crippen LogP contribution in [-0.2, 0) is 16.8 Å². The van der Waals surface area contributed by atoms with E-state index < -0.39 is 5.60 Å². The van der Waals surface area contributed by atoms with E-state index in [1.54, 1.807) is 25.1 Å². The zero-order valence-electron chi connectivity index (χ0n) is 17.0. The summed E-state index contributed by atoms with van der Waals surface area (Å²) in [5.74, 6) is 0.116. The van der Waals surface area contributed by atoms with Gasteiger partial charge in [-0.3, -0.25) is 4.79 Å². The maximum atomic E-state index is 13.0. The lowest BCUT2D eigenvalue weighted by Crippen LogP contribution is -2.48. The van der Waals surface area contributed by atoms with Crippen molar-refractivity contribution in [1.29, 1.82) is 0 Å². The Balaban J connectivity index is 1.38. The SMILES string of the molecule is Cc1c(O)cccc1C(=O)N1CCC2(CC1)OCCc1cn(-c3ccccc3)nc12. The highest BCUT2D eigenvalue weighted by molar-refractivity contribution is 5.96. The number of likely N-dealkylation sites (tertiary alicyclic amines) is 1. The summed E-state index contributed by atoms with van der Waals surface area (Å²) in [7, 11) is 0. The summed E-state index contributed by atoms with van der Waals surface area (Å²) in [5, 5.41) is 14.9. The third-order valence-electron chi connectivity index (χ3n) is 6.39. The van der Waals surface area contributed by atoms with E-state index >= 15 is 0 Å². The minimum Gasteiger partial charge on any atom is -0.508 e. The molecule has 0 atom stereocenters. The number of benzene rings is 2. The molecule has 0 unspecified atom stereocenters. The lowest BCUT2D eigenvalue weighted by Gasteiger charge is -2.43. The van der Waals surface area contributed by atoms with Gasteiger partial charge >= 0.3 is 0 Å². The van der Waals surface area contributed by atoms with Crippen LogP contribution in [0.2, 0.25) is 0 Å². The van der Waals surface area contributed by atoms with Crippen LogP contribution in [0.25, 0.3) is 5.69 Å². The molecular formula is C24H25N3O3. The minimum atomic E-state index is -0.432. The van der Waals surface area contributed by atoms with Gasteiger partial charge in [0.05, 0.1) is 18.0 Å². The smallest absolute Gasteiger partial charge is 0.254 e. The summed E-state index contributed by atoms with van der Waals surface area (Å²) >= 11 is 0. The van der Waals surface area contributed by atoms with Gasteiger partial charge in [-0.2, -0.15) is 5.10 Å². The number of aromatic nitrogens is 2. The van der Waals surface area contributed by atoms with Gasteiger partial charge in [0.1, 0.15) is 11.4 Å². The lowest BCUT2D eigenvalue weighted by molar-refractivity contribution is -0.0963. The van der Waals surface area contributed by atoms with Gasteiger partial charge in [-0.05, 0) is 56.0 Å². The summed E-state index contributed by atoms with van der Waals surface area (Å²) in [5.41, 5.74) is 4.03. The first-order valence-corrected chi connectivity index (χ1v) is 10.4. The van der Waals surface area contributed by atoms with Gasteiger partial charge in [-0.1, -0.05) is 24.3 Å². The molecule has 1 amide bonds. The number of aromatic hydroxyl groups is 1. The predicted molar refractivity (Wildman–Crippen MR) is 113 cm³/mol. The van der Waals surface area contributed by atoms with Crippen LogP contribution in [0.4, 0.5) is 0 Å². The molecule has 1 spiro atoms. The molecule has 2 aromatic carbocycles. The van der Waals surface area contributed by atoms with Crippen LogP contribution in [0, 0.1) is 6.92 Å². The van der Waals surface area contributed by atoms with Gasteiger partial charge in [0, 0.05) is 30.4 Å². The average Bonchev–Trinajstić information content (AvgIpc) is 3.23. The zero-order chi connectivity index (χ0) is 20.7. The van der Waals surface area contributed by atoms with E-state index in [9.17, 15) is 9.90 Å². The van der Waals surface area contributed by atoms with Crippen LogP contribution in [0.15, 0.2) is 54.7 Å². The zero-order valence-corrected chi connectivity index (χ0v) is 17.0. The molecule has 1 N–H and O–H groups in total. The number of piperidine rings is 1. The van der Waals surface area contributed by atoms with Crippen molar-refractivity contribution >= 4 is 5.91 Å². The van der Waals surface area contributed by atoms with E-state index in [-0.39, 0.29) is 11.7 Å². The largest absolute Gasteiger partial charge is 0.508 e. The highest BCUT2D eigenvalue weighted by Crippen LogP contribution is 2.41. The molecule has 1 fully saturated rings. The van der Waals surface area contributed by atoms with Crippen LogP contribution in [-0.4, -0.2) is 45.4 Å². The Morgan fingerprint density at radius 3 is 2.63 bits per heavy atom. The topological polar surface area (TPSA) is 67.6 Å². The number of hydrogen-bond donors (Lipinski definition) is 1. The van der Waals surface area contributed by atoms with Crippen molar-refractivity contribution in [2.75, 3.05) is 19.7 Å². The third-order valence-corrected chi connectivity index (χ3v) is 6.39. The molecule has 0 aliphatic carbocycles. The second-order valence-corrected chi connectivity index (χ2v) is 8.12. The highest BCUT2D eigenvalue weighted by atomic mass is 16.5. The summed E-state index contributed by atoms with van der Waals surface area (Å²) in [6.07, 6.45) is 4.41. The minimum absolute atomic E-state index is 0.0379. The molecule has 2 aliphatic rings. The first-order valence-electron chi connectivity index (χ1n) is 10.4. The Morgan fingerprint density at radius 2 is 1.87 bits per heavy atom. The third kappa shape index (κ3) is 3.08. The molecule has 3 heterocycles. The maximum absolute atomic E-state index is 13.0. The summed E-state index contributed by atoms with van der Waals surface area (Å²) in [6, 6.07) is 15.2. The molecule has 6 heteroatoms.